The molecule has 0 saturated carbocycles. The van der Waals surface area contributed by atoms with Crippen molar-refractivity contribution in [3.05, 3.63) is 90.4 Å². The number of anilines is 1. The number of fused-ring (bicyclic) bond motifs is 2. The number of hydrogen-bond acceptors (Lipinski definition) is 2. The zero-order chi connectivity index (χ0) is 18.6. The van der Waals surface area contributed by atoms with Crippen LogP contribution in [0.5, 0.6) is 0 Å². The SMILES string of the molecule is CC1C2=C(C=CCC23C=CC=CO3)N(c2cccc3ccccc23)C1(C)C. The Bertz CT molecular complexity index is 1030. The summed E-state index contributed by atoms with van der Waals surface area (Å²) in [6.07, 6.45) is 13.6. The van der Waals surface area contributed by atoms with Crippen LogP contribution in [0.25, 0.3) is 10.8 Å². The van der Waals surface area contributed by atoms with Gasteiger partial charge in [-0.25, -0.2) is 0 Å². The van der Waals surface area contributed by atoms with Gasteiger partial charge in [0.15, 0.2) is 5.60 Å². The Morgan fingerprint density at radius 1 is 1.04 bits per heavy atom. The molecule has 0 saturated heterocycles. The van der Waals surface area contributed by atoms with Crippen LogP contribution < -0.4 is 4.90 Å². The summed E-state index contributed by atoms with van der Waals surface area (Å²) in [7, 11) is 0. The average Bonchev–Trinajstić information content (AvgIpc) is 2.89. The summed E-state index contributed by atoms with van der Waals surface area (Å²) in [5.41, 5.74) is 3.55. The number of hydrogen-bond donors (Lipinski definition) is 0. The molecule has 3 aliphatic rings. The highest BCUT2D eigenvalue weighted by molar-refractivity contribution is 5.96. The Balaban J connectivity index is 1.76. The molecule has 2 heterocycles. The van der Waals surface area contributed by atoms with Crippen LogP contribution in [0.2, 0.25) is 0 Å². The van der Waals surface area contributed by atoms with E-state index in [-0.39, 0.29) is 11.1 Å². The quantitative estimate of drug-likeness (QED) is 0.610. The Labute approximate surface area is 161 Å². The van der Waals surface area contributed by atoms with Crippen molar-refractivity contribution in [2.75, 3.05) is 4.90 Å². The van der Waals surface area contributed by atoms with Gasteiger partial charge in [0.2, 0.25) is 0 Å². The third-order valence-electron chi connectivity index (χ3n) is 6.58. The summed E-state index contributed by atoms with van der Waals surface area (Å²) < 4.78 is 6.25. The fourth-order valence-electron chi connectivity index (χ4n) is 4.97. The summed E-state index contributed by atoms with van der Waals surface area (Å²) >= 11 is 0. The second-order valence-electron chi connectivity index (χ2n) is 8.31. The molecule has 2 aromatic carbocycles. The number of ether oxygens (including phenoxy) is 1. The fourth-order valence-corrected chi connectivity index (χ4v) is 4.97. The lowest BCUT2D eigenvalue weighted by molar-refractivity contribution is 0.0891. The molecular weight excluding hydrogens is 330 g/mol. The third kappa shape index (κ3) is 2.19. The molecule has 5 rings (SSSR count). The second-order valence-corrected chi connectivity index (χ2v) is 8.31. The molecule has 1 spiro atoms. The molecule has 27 heavy (non-hydrogen) atoms. The molecule has 1 aliphatic carbocycles. The average molecular weight is 355 g/mol. The number of nitrogens with zero attached hydrogens (tertiary/aromatic N) is 1. The molecule has 0 bridgehead atoms. The van der Waals surface area contributed by atoms with Crippen LogP contribution in [0, 0.1) is 5.92 Å². The van der Waals surface area contributed by atoms with Gasteiger partial charge in [0.05, 0.1) is 6.26 Å². The van der Waals surface area contributed by atoms with Crippen molar-refractivity contribution < 1.29 is 4.74 Å². The molecule has 0 amide bonds. The monoisotopic (exact) mass is 355 g/mol. The molecule has 0 fully saturated rings. The van der Waals surface area contributed by atoms with Crippen molar-refractivity contribution in [1.29, 1.82) is 0 Å². The van der Waals surface area contributed by atoms with Crippen molar-refractivity contribution in [1.82, 2.24) is 0 Å². The molecule has 0 N–H and O–H groups in total. The topological polar surface area (TPSA) is 12.5 Å². The lowest BCUT2D eigenvalue weighted by atomic mass is 9.74. The minimum absolute atomic E-state index is 0.0468. The van der Waals surface area contributed by atoms with E-state index in [4.69, 9.17) is 4.74 Å². The lowest BCUT2D eigenvalue weighted by Crippen LogP contribution is -2.44. The number of rotatable bonds is 1. The van der Waals surface area contributed by atoms with Crippen molar-refractivity contribution in [2.24, 2.45) is 5.92 Å². The summed E-state index contributed by atoms with van der Waals surface area (Å²) in [4.78, 5) is 2.53. The van der Waals surface area contributed by atoms with E-state index < -0.39 is 0 Å². The van der Waals surface area contributed by atoms with Crippen LogP contribution in [-0.2, 0) is 4.74 Å². The first kappa shape index (κ1) is 16.4. The molecule has 2 nitrogen and oxygen atoms in total. The van der Waals surface area contributed by atoms with Gasteiger partial charge in [0.1, 0.15) is 0 Å². The summed E-state index contributed by atoms with van der Waals surface area (Å²) in [5.74, 6) is 0.368. The van der Waals surface area contributed by atoms with E-state index in [1.165, 1.54) is 27.7 Å². The Morgan fingerprint density at radius 2 is 1.85 bits per heavy atom. The van der Waals surface area contributed by atoms with Crippen LogP contribution in [0.1, 0.15) is 27.2 Å². The summed E-state index contributed by atoms with van der Waals surface area (Å²) in [6, 6.07) is 15.3. The summed E-state index contributed by atoms with van der Waals surface area (Å²) in [5, 5.41) is 2.57. The molecule has 136 valence electrons. The number of allylic oxidation sites excluding steroid dienone is 3. The van der Waals surface area contributed by atoms with Crippen molar-refractivity contribution in [3.63, 3.8) is 0 Å². The molecular formula is C25H25NO. The first-order valence-corrected chi connectivity index (χ1v) is 9.76. The lowest BCUT2D eigenvalue weighted by Gasteiger charge is -2.39. The van der Waals surface area contributed by atoms with E-state index >= 15 is 0 Å². The van der Waals surface area contributed by atoms with E-state index in [1.54, 1.807) is 0 Å². The Morgan fingerprint density at radius 3 is 2.67 bits per heavy atom. The van der Waals surface area contributed by atoms with Crippen molar-refractivity contribution in [3.8, 4) is 0 Å². The minimum atomic E-state index is -0.352. The van der Waals surface area contributed by atoms with Crippen LogP contribution >= 0.6 is 0 Å². The second kappa shape index (κ2) is 5.63. The number of benzene rings is 2. The minimum Gasteiger partial charge on any atom is -0.486 e. The highest BCUT2D eigenvalue weighted by Crippen LogP contribution is 2.53. The van der Waals surface area contributed by atoms with Gasteiger partial charge in [-0.05, 0) is 43.5 Å². The molecule has 0 aromatic heterocycles. The normalized spacial score (nSPS) is 28.1. The molecule has 2 aromatic rings. The zero-order valence-corrected chi connectivity index (χ0v) is 16.1. The molecule has 0 radical (unpaired) electrons. The Kier molecular flexibility index (Phi) is 3.42. The van der Waals surface area contributed by atoms with E-state index in [0.29, 0.717) is 5.92 Å². The molecule has 2 heteroatoms. The predicted molar refractivity (Wildman–Crippen MR) is 113 cm³/mol. The van der Waals surface area contributed by atoms with E-state index in [9.17, 15) is 0 Å². The molecule has 2 aliphatic heterocycles. The fraction of sp³-hybridized carbons (Fsp3) is 0.280. The van der Waals surface area contributed by atoms with Gasteiger partial charge in [-0.1, -0.05) is 55.5 Å². The van der Waals surface area contributed by atoms with Gasteiger partial charge in [-0.2, -0.15) is 0 Å². The zero-order valence-electron chi connectivity index (χ0n) is 16.1. The Hall–Kier alpha value is -2.74. The first-order chi connectivity index (χ1) is 13.0. The van der Waals surface area contributed by atoms with Crippen LogP contribution in [0.3, 0.4) is 0 Å². The van der Waals surface area contributed by atoms with Gasteiger partial charge in [-0.15, -0.1) is 0 Å². The largest absolute Gasteiger partial charge is 0.486 e. The first-order valence-electron chi connectivity index (χ1n) is 9.76. The van der Waals surface area contributed by atoms with Crippen LogP contribution in [0.15, 0.2) is 90.4 Å². The van der Waals surface area contributed by atoms with Gasteiger partial charge in [0, 0.05) is 40.2 Å². The maximum absolute atomic E-state index is 6.25. The maximum Gasteiger partial charge on any atom is 0.154 e. The van der Waals surface area contributed by atoms with E-state index in [0.717, 1.165) is 6.42 Å². The maximum atomic E-state index is 6.25. The van der Waals surface area contributed by atoms with E-state index in [1.807, 2.05) is 12.3 Å². The highest BCUT2D eigenvalue weighted by Gasteiger charge is 2.52. The van der Waals surface area contributed by atoms with Crippen molar-refractivity contribution in [2.45, 2.75) is 38.3 Å². The van der Waals surface area contributed by atoms with Gasteiger partial charge in [0.25, 0.3) is 0 Å². The smallest absolute Gasteiger partial charge is 0.154 e. The highest BCUT2D eigenvalue weighted by atomic mass is 16.5. The molecule has 2 unspecified atom stereocenters. The molecule has 2 atom stereocenters. The van der Waals surface area contributed by atoms with Crippen LogP contribution in [-0.4, -0.2) is 11.1 Å². The van der Waals surface area contributed by atoms with Gasteiger partial charge >= 0.3 is 0 Å². The van der Waals surface area contributed by atoms with Crippen molar-refractivity contribution >= 4 is 16.5 Å². The van der Waals surface area contributed by atoms with E-state index in [2.05, 4.69) is 92.4 Å². The van der Waals surface area contributed by atoms with Gasteiger partial charge in [-0.3, -0.25) is 0 Å². The summed E-state index contributed by atoms with van der Waals surface area (Å²) in [6.45, 7) is 7.04. The standard InChI is InChI=1S/C25H25NO/c1-18-23-22(14-9-16-25(23)15-6-7-17-27-25)26(24(18,2)3)21-13-8-11-19-10-4-5-12-20(19)21/h4-15,17-18H,16H2,1-3H3. The predicted octanol–water partition coefficient (Wildman–Crippen LogP) is 6.13. The van der Waals surface area contributed by atoms with Crippen LogP contribution in [0.4, 0.5) is 5.69 Å². The third-order valence-corrected chi connectivity index (χ3v) is 6.58. The van der Waals surface area contributed by atoms with Gasteiger partial charge < -0.3 is 9.64 Å².